The molecule has 0 amide bonds. The molecular formula is C21H18BrN3O. The van der Waals surface area contributed by atoms with Crippen LogP contribution in [0.3, 0.4) is 0 Å². The van der Waals surface area contributed by atoms with Gasteiger partial charge in [0.2, 0.25) is 0 Å². The Morgan fingerprint density at radius 3 is 2.73 bits per heavy atom. The molecule has 0 atom stereocenters. The van der Waals surface area contributed by atoms with Crippen LogP contribution >= 0.6 is 15.9 Å². The van der Waals surface area contributed by atoms with Gasteiger partial charge in [-0.2, -0.15) is 5.26 Å². The molecule has 130 valence electrons. The fourth-order valence-corrected chi connectivity index (χ4v) is 3.27. The summed E-state index contributed by atoms with van der Waals surface area (Å²) in [6, 6.07) is 19.8. The summed E-state index contributed by atoms with van der Waals surface area (Å²) in [6.45, 7) is 4.39. The van der Waals surface area contributed by atoms with Crippen molar-refractivity contribution in [3.8, 4) is 11.8 Å². The van der Waals surface area contributed by atoms with Crippen molar-refractivity contribution in [3.63, 3.8) is 0 Å². The molecule has 0 unspecified atom stereocenters. The lowest BCUT2D eigenvalue weighted by Crippen LogP contribution is -1.99. The molecule has 5 heteroatoms. The summed E-state index contributed by atoms with van der Waals surface area (Å²) in [5.74, 6) is 0. The lowest BCUT2D eigenvalue weighted by molar-refractivity contribution is 0.132. The molecule has 0 aliphatic heterocycles. The first-order valence-corrected chi connectivity index (χ1v) is 8.97. The number of aromatic nitrogens is 1. The van der Waals surface area contributed by atoms with Crippen LogP contribution in [0, 0.1) is 25.2 Å². The molecule has 0 spiro atoms. The van der Waals surface area contributed by atoms with Crippen molar-refractivity contribution in [1.29, 1.82) is 5.26 Å². The smallest absolute Gasteiger partial charge is 0.143 e. The highest BCUT2D eigenvalue weighted by Crippen LogP contribution is 2.22. The molecular weight excluding hydrogens is 390 g/mol. The van der Waals surface area contributed by atoms with E-state index in [2.05, 4.69) is 63.8 Å². The molecule has 0 aliphatic carbocycles. The zero-order valence-corrected chi connectivity index (χ0v) is 16.2. The van der Waals surface area contributed by atoms with E-state index in [9.17, 15) is 0 Å². The predicted molar refractivity (Wildman–Crippen MR) is 106 cm³/mol. The normalized spacial score (nSPS) is 10.8. The van der Waals surface area contributed by atoms with Crippen molar-refractivity contribution < 1.29 is 4.84 Å². The van der Waals surface area contributed by atoms with Gasteiger partial charge in [0.15, 0.2) is 0 Å². The number of nitriles is 1. The van der Waals surface area contributed by atoms with E-state index in [1.807, 2.05) is 30.3 Å². The molecule has 26 heavy (non-hydrogen) atoms. The van der Waals surface area contributed by atoms with Crippen molar-refractivity contribution in [3.05, 3.63) is 87.1 Å². The molecule has 0 radical (unpaired) electrons. The summed E-state index contributed by atoms with van der Waals surface area (Å²) >= 11 is 3.52. The van der Waals surface area contributed by atoms with Crippen LogP contribution < -0.4 is 0 Å². The molecule has 4 nitrogen and oxygen atoms in total. The highest BCUT2D eigenvalue weighted by atomic mass is 79.9. The molecule has 1 aromatic heterocycles. The second-order valence-corrected chi connectivity index (χ2v) is 6.83. The van der Waals surface area contributed by atoms with Gasteiger partial charge in [-0.05, 0) is 44.2 Å². The van der Waals surface area contributed by atoms with E-state index in [1.165, 1.54) is 0 Å². The number of hydrogen-bond acceptors (Lipinski definition) is 3. The van der Waals surface area contributed by atoms with Gasteiger partial charge in [-0.1, -0.05) is 45.4 Å². The Morgan fingerprint density at radius 2 is 1.96 bits per heavy atom. The predicted octanol–water partition coefficient (Wildman–Crippen LogP) is 5.28. The van der Waals surface area contributed by atoms with Gasteiger partial charge >= 0.3 is 0 Å². The average molecular weight is 408 g/mol. The maximum absolute atomic E-state index is 9.10. The Labute approximate surface area is 161 Å². The highest BCUT2D eigenvalue weighted by molar-refractivity contribution is 9.10. The third kappa shape index (κ3) is 3.87. The molecule has 0 saturated carbocycles. The average Bonchev–Trinajstić information content (AvgIpc) is 2.92. The number of aryl methyl sites for hydroxylation is 1. The Kier molecular flexibility index (Phi) is 5.55. The van der Waals surface area contributed by atoms with Crippen LogP contribution in [0.2, 0.25) is 0 Å². The summed E-state index contributed by atoms with van der Waals surface area (Å²) in [5.41, 5.74) is 5.73. The van der Waals surface area contributed by atoms with Gasteiger partial charge < -0.3 is 9.40 Å². The van der Waals surface area contributed by atoms with Crippen molar-refractivity contribution in [2.75, 3.05) is 0 Å². The molecule has 0 fully saturated rings. The van der Waals surface area contributed by atoms with Crippen LogP contribution in [0.5, 0.6) is 0 Å². The third-order valence-corrected chi connectivity index (χ3v) is 4.65. The van der Waals surface area contributed by atoms with Gasteiger partial charge in [-0.25, -0.2) is 0 Å². The SMILES string of the molecule is Cc1cc(/C=N\OCc2ccccc2C#N)c(C)n1-c1cccc(Br)c1. The van der Waals surface area contributed by atoms with E-state index in [0.29, 0.717) is 5.56 Å². The maximum atomic E-state index is 9.10. The minimum atomic E-state index is 0.268. The second-order valence-electron chi connectivity index (χ2n) is 5.92. The van der Waals surface area contributed by atoms with E-state index >= 15 is 0 Å². The van der Waals surface area contributed by atoms with Gasteiger partial charge in [0, 0.05) is 32.7 Å². The quantitative estimate of drug-likeness (QED) is 0.426. The van der Waals surface area contributed by atoms with E-state index in [-0.39, 0.29) is 6.61 Å². The summed E-state index contributed by atoms with van der Waals surface area (Å²) in [5, 5.41) is 13.2. The van der Waals surface area contributed by atoms with Gasteiger partial charge in [-0.15, -0.1) is 0 Å². The first-order chi connectivity index (χ1) is 12.6. The number of oxime groups is 1. The molecule has 2 aromatic carbocycles. The first-order valence-electron chi connectivity index (χ1n) is 8.18. The second kappa shape index (κ2) is 8.03. The number of rotatable bonds is 5. The Hall–Kier alpha value is -2.84. The monoisotopic (exact) mass is 407 g/mol. The Bertz CT molecular complexity index is 999. The number of hydrogen-bond donors (Lipinski definition) is 0. The summed E-state index contributed by atoms with van der Waals surface area (Å²) in [7, 11) is 0. The van der Waals surface area contributed by atoms with Crippen molar-refractivity contribution in [1.82, 2.24) is 4.57 Å². The molecule has 0 N–H and O–H groups in total. The van der Waals surface area contributed by atoms with Crippen molar-refractivity contribution in [2.45, 2.75) is 20.5 Å². The summed E-state index contributed by atoms with van der Waals surface area (Å²) in [6.07, 6.45) is 1.71. The van der Waals surface area contributed by atoms with Crippen LogP contribution in [0.1, 0.15) is 28.1 Å². The summed E-state index contributed by atoms with van der Waals surface area (Å²) in [4.78, 5) is 5.40. The van der Waals surface area contributed by atoms with Crippen LogP contribution in [-0.4, -0.2) is 10.8 Å². The van der Waals surface area contributed by atoms with E-state index in [0.717, 1.165) is 32.7 Å². The van der Waals surface area contributed by atoms with Crippen LogP contribution in [-0.2, 0) is 11.4 Å². The Morgan fingerprint density at radius 1 is 1.15 bits per heavy atom. The molecule has 0 aliphatic rings. The van der Waals surface area contributed by atoms with Crippen LogP contribution in [0.4, 0.5) is 0 Å². The fourth-order valence-electron chi connectivity index (χ4n) is 2.89. The first kappa shape index (κ1) is 18.0. The van der Waals surface area contributed by atoms with Gasteiger partial charge in [0.05, 0.1) is 17.8 Å². The largest absolute Gasteiger partial charge is 0.391 e. The lowest BCUT2D eigenvalue weighted by Gasteiger charge is -2.09. The van der Waals surface area contributed by atoms with E-state index in [1.54, 1.807) is 12.3 Å². The minimum Gasteiger partial charge on any atom is -0.391 e. The Balaban J connectivity index is 1.76. The highest BCUT2D eigenvalue weighted by Gasteiger charge is 2.09. The van der Waals surface area contributed by atoms with Crippen molar-refractivity contribution >= 4 is 22.1 Å². The van der Waals surface area contributed by atoms with Crippen LogP contribution in [0.15, 0.2) is 64.2 Å². The van der Waals surface area contributed by atoms with Gasteiger partial charge in [-0.3, -0.25) is 0 Å². The van der Waals surface area contributed by atoms with Crippen LogP contribution in [0.25, 0.3) is 5.69 Å². The zero-order chi connectivity index (χ0) is 18.5. The molecule has 0 saturated heterocycles. The molecule has 0 bridgehead atoms. The fraction of sp³-hybridized carbons (Fsp3) is 0.143. The zero-order valence-electron chi connectivity index (χ0n) is 14.6. The maximum Gasteiger partial charge on any atom is 0.143 e. The number of benzene rings is 2. The molecule has 3 rings (SSSR count). The molecule has 3 aromatic rings. The van der Waals surface area contributed by atoms with Gasteiger partial charge in [0.1, 0.15) is 6.61 Å². The number of nitrogens with zero attached hydrogens (tertiary/aromatic N) is 3. The van der Waals surface area contributed by atoms with Crippen molar-refractivity contribution in [2.24, 2.45) is 5.16 Å². The summed E-state index contributed by atoms with van der Waals surface area (Å²) < 4.78 is 3.22. The van der Waals surface area contributed by atoms with E-state index in [4.69, 9.17) is 10.1 Å². The lowest BCUT2D eigenvalue weighted by atomic mass is 10.1. The topological polar surface area (TPSA) is 50.3 Å². The third-order valence-electron chi connectivity index (χ3n) is 4.16. The standard InChI is InChI=1S/C21H18BrN3O/c1-15-10-19(16(2)25(15)21-9-5-8-20(22)11-21)13-24-26-14-18-7-4-3-6-17(18)12-23/h3-11,13H,14H2,1-2H3/b24-13-. The van der Waals surface area contributed by atoms with E-state index < -0.39 is 0 Å². The van der Waals surface area contributed by atoms with Gasteiger partial charge in [0.25, 0.3) is 0 Å². The number of halogens is 1. The molecule has 1 heterocycles. The minimum absolute atomic E-state index is 0.268.